The number of anilines is 1. The van der Waals surface area contributed by atoms with Crippen LogP contribution in [0.1, 0.15) is 60.5 Å². The highest BCUT2D eigenvalue weighted by molar-refractivity contribution is 5.91. The third-order valence-electron chi connectivity index (χ3n) is 6.98. The third-order valence-corrected chi connectivity index (χ3v) is 6.98. The van der Waals surface area contributed by atoms with Gasteiger partial charge in [0.15, 0.2) is 6.29 Å². The van der Waals surface area contributed by atoms with Crippen molar-refractivity contribution in [2.24, 2.45) is 0 Å². The summed E-state index contributed by atoms with van der Waals surface area (Å²) in [6.45, 7) is 1.52. The van der Waals surface area contributed by atoms with Crippen LogP contribution >= 0.6 is 0 Å². The fourth-order valence-electron chi connectivity index (χ4n) is 4.78. The largest absolute Gasteiger partial charge is 0.392 e. The smallest absolute Gasteiger partial charge is 0.243 e. The maximum Gasteiger partial charge on any atom is 0.243 e. The van der Waals surface area contributed by atoms with E-state index in [9.17, 15) is 14.7 Å². The average molecular weight is 563 g/mol. The zero-order chi connectivity index (χ0) is 29.0. The maximum atomic E-state index is 12.4. The van der Waals surface area contributed by atoms with Gasteiger partial charge in [0.1, 0.15) is 0 Å². The summed E-state index contributed by atoms with van der Waals surface area (Å²) in [5.74, 6) is -0.753. The second-order valence-corrected chi connectivity index (χ2v) is 10.2. The van der Waals surface area contributed by atoms with Crippen LogP contribution in [0, 0.1) is 0 Å². The molecule has 0 unspecified atom stereocenters. The number of carbonyl (C=O) groups excluding carboxylic acids is 2. The molecule has 0 spiro atoms. The van der Waals surface area contributed by atoms with Crippen molar-refractivity contribution in [2.45, 2.75) is 57.2 Å². The maximum absolute atomic E-state index is 12.4. The van der Waals surface area contributed by atoms with Gasteiger partial charge in [-0.3, -0.25) is 19.8 Å². The van der Waals surface area contributed by atoms with Crippen molar-refractivity contribution < 1.29 is 29.4 Å². The van der Waals surface area contributed by atoms with E-state index < -0.39 is 12.2 Å². The van der Waals surface area contributed by atoms with Gasteiger partial charge in [-0.15, -0.1) is 0 Å². The Morgan fingerprint density at radius 3 is 2.54 bits per heavy atom. The quantitative estimate of drug-likeness (QED) is 0.182. The second kappa shape index (κ2) is 15.4. The number of likely N-dealkylation sites (N-methyl/N-ethyl adjacent to an activating group) is 1. The Morgan fingerprint density at radius 2 is 1.80 bits per heavy atom. The van der Waals surface area contributed by atoms with Crippen LogP contribution < -0.4 is 10.8 Å². The molecule has 1 aromatic heterocycles. The lowest BCUT2D eigenvalue weighted by Gasteiger charge is -2.38. The Hall–Kier alpha value is -3.67. The van der Waals surface area contributed by atoms with E-state index in [0.717, 1.165) is 35.3 Å². The average Bonchev–Trinajstić information content (AvgIpc) is 3.00. The first-order valence-electron chi connectivity index (χ1n) is 13.9. The highest BCUT2D eigenvalue weighted by Crippen LogP contribution is 2.38. The number of ether oxygens (including phenoxy) is 2. The molecule has 2 heterocycles. The van der Waals surface area contributed by atoms with E-state index in [2.05, 4.69) is 22.2 Å². The number of aliphatic hydroxyl groups is 1. The van der Waals surface area contributed by atoms with Gasteiger partial charge in [0.25, 0.3) is 0 Å². The van der Waals surface area contributed by atoms with Gasteiger partial charge in [-0.05, 0) is 48.9 Å². The summed E-state index contributed by atoms with van der Waals surface area (Å²) in [4.78, 5) is 30.2. The molecule has 41 heavy (non-hydrogen) atoms. The molecule has 10 nitrogen and oxygen atoms in total. The molecule has 4 rings (SSSR count). The molecular weight excluding hydrogens is 524 g/mol. The predicted molar refractivity (Wildman–Crippen MR) is 153 cm³/mol. The molecular formula is C31H38N4O6. The Labute approximate surface area is 240 Å². The van der Waals surface area contributed by atoms with E-state index in [1.165, 1.54) is 0 Å². The first-order valence-corrected chi connectivity index (χ1v) is 13.9. The summed E-state index contributed by atoms with van der Waals surface area (Å²) < 4.78 is 12.9. The minimum Gasteiger partial charge on any atom is -0.392 e. The Morgan fingerprint density at radius 1 is 1.00 bits per heavy atom. The van der Waals surface area contributed by atoms with Crippen molar-refractivity contribution in [3.05, 3.63) is 95.3 Å². The Bertz CT molecular complexity index is 1260. The predicted octanol–water partition coefficient (Wildman–Crippen LogP) is 3.91. The lowest BCUT2D eigenvalue weighted by atomic mass is 9.99. The molecule has 0 aliphatic carbocycles. The summed E-state index contributed by atoms with van der Waals surface area (Å²) in [6.07, 6.45) is 2.86. The molecule has 1 aliphatic rings. The normalized spacial score (nSPS) is 18.7. The number of rotatable bonds is 13. The van der Waals surface area contributed by atoms with E-state index in [0.29, 0.717) is 25.1 Å². The zero-order valence-electron chi connectivity index (χ0n) is 23.2. The SMILES string of the molecule is CN(CCc1ccccn1)C[C@H]1C[C@@H](c2ccc(CO)cc2)O[C@@H](c2cccc(NC(=O)CCCC(=O)NO)c2)O1. The van der Waals surface area contributed by atoms with E-state index in [-0.39, 0.29) is 37.6 Å². The van der Waals surface area contributed by atoms with E-state index in [1.807, 2.05) is 60.7 Å². The summed E-state index contributed by atoms with van der Waals surface area (Å²) in [5.41, 5.74) is 5.84. The summed E-state index contributed by atoms with van der Waals surface area (Å²) in [5, 5.41) is 20.9. The molecule has 3 aromatic rings. The fraction of sp³-hybridized carbons (Fsp3) is 0.387. The van der Waals surface area contributed by atoms with Crippen molar-refractivity contribution in [1.82, 2.24) is 15.4 Å². The first-order chi connectivity index (χ1) is 19.9. The molecule has 218 valence electrons. The number of pyridine rings is 1. The van der Waals surface area contributed by atoms with Crippen LogP contribution in [0.15, 0.2) is 72.9 Å². The molecule has 4 N–H and O–H groups in total. The van der Waals surface area contributed by atoms with Gasteiger partial charge in [-0.1, -0.05) is 42.5 Å². The lowest BCUT2D eigenvalue weighted by molar-refractivity contribution is -0.252. The highest BCUT2D eigenvalue weighted by atomic mass is 16.7. The van der Waals surface area contributed by atoms with Crippen LogP contribution in [0.3, 0.4) is 0 Å². The zero-order valence-corrected chi connectivity index (χ0v) is 23.2. The standard InChI is InChI=1S/C31H38N4O6/c1-35(17-15-25-7-2-3-16-32-25)20-27-19-28(23-13-11-22(21-36)12-14-23)41-31(40-27)24-6-4-8-26(18-24)33-29(37)9-5-10-30(38)34-39/h2-4,6-8,11-14,16,18,27-28,31,36,39H,5,9-10,15,17,19-21H2,1H3,(H,33,37)(H,34,38)/t27-,28+,31+/m1/s1. The number of nitrogens with zero attached hydrogens (tertiary/aromatic N) is 2. The molecule has 1 aliphatic heterocycles. The second-order valence-electron chi connectivity index (χ2n) is 10.2. The topological polar surface area (TPSA) is 133 Å². The van der Waals surface area contributed by atoms with E-state index in [4.69, 9.17) is 14.7 Å². The van der Waals surface area contributed by atoms with Crippen LogP contribution in [0.4, 0.5) is 5.69 Å². The molecule has 0 bridgehead atoms. The molecule has 0 radical (unpaired) electrons. The van der Waals surface area contributed by atoms with Crippen LogP contribution in [0.2, 0.25) is 0 Å². The fourth-order valence-corrected chi connectivity index (χ4v) is 4.78. The summed E-state index contributed by atoms with van der Waals surface area (Å²) >= 11 is 0. The summed E-state index contributed by atoms with van der Waals surface area (Å²) in [7, 11) is 2.07. The number of aliphatic hydroxyl groups excluding tert-OH is 1. The van der Waals surface area contributed by atoms with Crippen molar-refractivity contribution in [1.29, 1.82) is 0 Å². The minimum absolute atomic E-state index is 0.0195. The number of hydroxylamine groups is 1. The van der Waals surface area contributed by atoms with Crippen molar-refractivity contribution in [3.63, 3.8) is 0 Å². The van der Waals surface area contributed by atoms with Gasteiger partial charge in [-0.2, -0.15) is 0 Å². The van der Waals surface area contributed by atoms with Crippen LogP contribution in [-0.4, -0.2) is 58.3 Å². The number of amides is 2. The Balaban J connectivity index is 1.44. The van der Waals surface area contributed by atoms with Gasteiger partial charge in [0.2, 0.25) is 11.8 Å². The molecule has 0 saturated carbocycles. The monoisotopic (exact) mass is 562 g/mol. The molecule has 2 aromatic carbocycles. The van der Waals surface area contributed by atoms with Crippen LogP contribution in [0.25, 0.3) is 0 Å². The van der Waals surface area contributed by atoms with Crippen molar-refractivity contribution in [2.75, 3.05) is 25.5 Å². The van der Waals surface area contributed by atoms with Crippen molar-refractivity contribution >= 4 is 17.5 Å². The van der Waals surface area contributed by atoms with Gasteiger partial charge >= 0.3 is 0 Å². The molecule has 1 fully saturated rings. The van der Waals surface area contributed by atoms with E-state index in [1.54, 1.807) is 17.7 Å². The highest BCUT2D eigenvalue weighted by Gasteiger charge is 2.33. The van der Waals surface area contributed by atoms with Gasteiger partial charge in [0, 0.05) is 61.9 Å². The van der Waals surface area contributed by atoms with Gasteiger partial charge in [0.05, 0.1) is 18.8 Å². The van der Waals surface area contributed by atoms with E-state index >= 15 is 0 Å². The Kier molecular flexibility index (Phi) is 11.4. The van der Waals surface area contributed by atoms with Crippen molar-refractivity contribution in [3.8, 4) is 0 Å². The van der Waals surface area contributed by atoms with Crippen LogP contribution in [-0.2, 0) is 32.1 Å². The number of benzene rings is 2. The first kappa shape index (κ1) is 30.3. The molecule has 10 heteroatoms. The third kappa shape index (κ3) is 9.44. The van der Waals surface area contributed by atoms with Gasteiger partial charge < -0.3 is 24.8 Å². The number of carbonyl (C=O) groups is 2. The number of aromatic nitrogens is 1. The number of hydrogen-bond acceptors (Lipinski definition) is 8. The molecule has 2 amide bonds. The molecule has 3 atom stereocenters. The number of nitrogens with one attached hydrogen (secondary N) is 2. The lowest BCUT2D eigenvalue weighted by Crippen LogP contribution is -2.38. The minimum atomic E-state index is -0.648. The van der Waals surface area contributed by atoms with Crippen LogP contribution in [0.5, 0.6) is 0 Å². The number of hydrogen-bond donors (Lipinski definition) is 4. The summed E-state index contributed by atoms with van der Waals surface area (Å²) in [6, 6.07) is 21.1. The van der Waals surface area contributed by atoms with Gasteiger partial charge in [-0.25, -0.2) is 5.48 Å². The molecule has 1 saturated heterocycles.